The van der Waals surface area contributed by atoms with E-state index in [0.29, 0.717) is 42.1 Å². The lowest BCUT2D eigenvalue weighted by Crippen LogP contribution is -2.39. The Labute approximate surface area is 234 Å². The first-order valence-electron chi connectivity index (χ1n) is 11.7. The molecule has 3 heterocycles. The summed E-state index contributed by atoms with van der Waals surface area (Å²) in [6.45, 7) is 5.41. The molecule has 38 heavy (non-hydrogen) atoms. The Balaban J connectivity index is 1.79. The number of rotatable bonds is 9. The highest BCUT2D eigenvalue weighted by molar-refractivity contribution is 9.10. The number of benzene rings is 1. The number of hydrogen-bond donors (Lipinski definition) is 0. The SMILES string of the molecule is CCOC(=O)COc1c(Br)cc(/C=c2\sc3n(c2=O)[C@H](c2cccs2)C(C(=O)OCC)=C(C)N=3)cc1OC. The van der Waals surface area contributed by atoms with Crippen molar-refractivity contribution in [3.05, 3.63) is 75.5 Å². The molecule has 3 aromatic rings. The van der Waals surface area contributed by atoms with Crippen molar-refractivity contribution in [2.75, 3.05) is 26.9 Å². The molecule has 0 aliphatic carbocycles. The average molecular weight is 622 g/mol. The predicted molar refractivity (Wildman–Crippen MR) is 148 cm³/mol. The van der Waals surface area contributed by atoms with Crippen molar-refractivity contribution in [3.8, 4) is 11.5 Å². The van der Waals surface area contributed by atoms with Crippen molar-refractivity contribution >= 4 is 56.6 Å². The van der Waals surface area contributed by atoms with Crippen molar-refractivity contribution in [2.24, 2.45) is 4.99 Å². The van der Waals surface area contributed by atoms with Crippen LogP contribution in [0.4, 0.5) is 0 Å². The molecule has 0 fully saturated rings. The van der Waals surface area contributed by atoms with E-state index in [1.807, 2.05) is 17.5 Å². The molecule has 4 rings (SSSR count). The first-order chi connectivity index (χ1) is 18.3. The van der Waals surface area contributed by atoms with Gasteiger partial charge in [-0.05, 0) is 71.9 Å². The second-order valence-corrected chi connectivity index (χ2v) is 10.8. The zero-order valence-corrected chi connectivity index (χ0v) is 24.3. The molecule has 0 unspecified atom stereocenters. The zero-order chi connectivity index (χ0) is 27.4. The molecule has 1 aliphatic heterocycles. The van der Waals surface area contributed by atoms with Gasteiger partial charge in [-0.1, -0.05) is 17.4 Å². The lowest BCUT2D eigenvalue weighted by molar-refractivity contribution is -0.145. The molecule has 1 aliphatic rings. The minimum absolute atomic E-state index is 0.216. The largest absolute Gasteiger partial charge is 0.493 e. The fourth-order valence-electron chi connectivity index (χ4n) is 3.96. The molecule has 9 nitrogen and oxygen atoms in total. The molecule has 1 aromatic carbocycles. The van der Waals surface area contributed by atoms with E-state index in [1.165, 1.54) is 29.8 Å². The number of fused-ring (bicyclic) bond motifs is 1. The Morgan fingerprint density at radius 3 is 2.63 bits per heavy atom. The van der Waals surface area contributed by atoms with E-state index in [-0.39, 0.29) is 25.4 Å². The summed E-state index contributed by atoms with van der Waals surface area (Å²) in [5.74, 6) is -0.274. The fourth-order valence-corrected chi connectivity index (χ4v) is 6.40. The Bertz CT molecular complexity index is 1570. The van der Waals surface area contributed by atoms with Gasteiger partial charge >= 0.3 is 11.9 Å². The van der Waals surface area contributed by atoms with Crippen LogP contribution >= 0.6 is 38.6 Å². The maximum absolute atomic E-state index is 13.7. The number of nitrogens with zero attached hydrogens (tertiary/aromatic N) is 2. The first kappa shape index (κ1) is 27.8. The highest BCUT2D eigenvalue weighted by atomic mass is 79.9. The Morgan fingerprint density at radius 1 is 1.21 bits per heavy atom. The Kier molecular flexibility index (Phi) is 8.85. The summed E-state index contributed by atoms with van der Waals surface area (Å²) in [7, 11) is 1.48. The third kappa shape index (κ3) is 5.62. The van der Waals surface area contributed by atoms with Crippen LogP contribution in [0.5, 0.6) is 11.5 Å². The number of methoxy groups -OCH3 is 1. The van der Waals surface area contributed by atoms with Crippen LogP contribution in [0.1, 0.15) is 37.3 Å². The molecule has 0 N–H and O–H groups in total. The number of thiazole rings is 1. The summed E-state index contributed by atoms with van der Waals surface area (Å²) in [4.78, 5) is 44.2. The van der Waals surface area contributed by atoms with Crippen molar-refractivity contribution < 1.29 is 28.5 Å². The molecule has 0 spiro atoms. The summed E-state index contributed by atoms with van der Waals surface area (Å²) in [5.41, 5.74) is 1.25. The number of halogens is 1. The number of aromatic nitrogens is 1. The molecule has 1 atom stereocenters. The molecule has 0 saturated heterocycles. The van der Waals surface area contributed by atoms with Crippen molar-refractivity contribution in [3.63, 3.8) is 0 Å². The Hall–Kier alpha value is -3.22. The highest BCUT2D eigenvalue weighted by Crippen LogP contribution is 2.37. The lowest BCUT2D eigenvalue weighted by Gasteiger charge is -2.23. The van der Waals surface area contributed by atoms with Gasteiger partial charge in [-0.2, -0.15) is 0 Å². The van der Waals surface area contributed by atoms with Crippen molar-refractivity contribution in [2.45, 2.75) is 26.8 Å². The van der Waals surface area contributed by atoms with Gasteiger partial charge in [0.1, 0.15) is 6.04 Å². The van der Waals surface area contributed by atoms with Crippen LogP contribution < -0.4 is 24.4 Å². The Morgan fingerprint density at radius 2 is 1.97 bits per heavy atom. The molecule has 0 saturated carbocycles. The van der Waals surface area contributed by atoms with Crippen LogP contribution in [0, 0.1) is 0 Å². The van der Waals surface area contributed by atoms with E-state index >= 15 is 0 Å². The van der Waals surface area contributed by atoms with Crippen LogP contribution in [-0.4, -0.2) is 43.4 Å². The minimum Gasteiger partial charge on any atom is -0.493 e. The molecular formula is C26H25BrN2O7S2. The number of hydrogen-bond acceptors (Lipinski definition) is 10. The molecular weight excluding hydrogens is 596 g/mol. The zero-order valence-electron chi connectivity index (χ0n) is 21.1. The maximum atomic E-state index is 13.7. The smallest absolute Gasteiger partial charge is 0.344 e. The standard InChI is InChI=1S/C26H25BrN2O7S2/c1-5-34-20(30)13-36-23-16(27)10-15(11-17(23)33-4)12-19-24(31)29-22(18-8-7-9-37-18)21(25(32)35-6-2)14(3)28-26(29)38-19/h7-12,22H,5-6,13H2,1-4H3/b19-12-/t22-/m1/s1. The minimum atomic E-state index is -0.632. The molecule has 12 heteroatoms. The summed E-state index contributed by atoms with van der Waals surface area (Å²) in [5, 5.41) is 1.90. The number of carbonyl (C=O) groups is 2. The second-order valence-electron chi connectivity index (χ2n) is 7.95. The number of allylic oxidation sites excluding steroid dienone is 1. The van der Waals surface area contributed by atoms with Crippen LogP contribution in [0.25, 0.3) is 6.08 Å². The number of ether oxygens (including phenoxy) is 4. The molecule has 2 aromatic heterocycles. The van der Waals surface area contributed by atoms with E-state index in [9.17, 15) is 14.4 Å². The monoisotopic (exact) mass is 620 g/mol. The quantitative estimate of drug-likeness (QED) is 0.337. The van der Waals surface area contributed by atoms with Crippen molar-refractivity contribution in [1.29, 1.82) is 0 Å². The summed E-state index contributed by atoms with van der Waals surface area (Å²) >= 11 is 6.15. The number of carbonyl (C=O) groups excluding carboxylic acids is 2. The third-order valence-electron chi connectivity index (χ3n) is 5.52. The molecule has 200 valence electrons. The summed E-state index contributed by atoms with van der Waals surface area (Å²) < 4.78 is 23.8. The second kappa shape index (κ2) is 12.1. The van der Waals surface area contributed by atoms with Crippen LogP contribution in [-0.2, 0) is 19.1 Å². The number of esters is 2. The van der Waals surface area contributed by atoms with Crippen LogP contribution in [0.3, 0.4) is 0 Å². The summed E-state index contributed by atoms with van der Waals surface area (Å²) in [6.07, 6.45) is 1.72. The first-order valence-corrected chi connectivity index (χ1v) is 14.2. The van der Waals surface area contributed by atoms with Crippen LogP contribution in [0.2, 0.25) is 0 Å². The van der Waals surface area contributed by atoms with Crippen molar-refractivity contribution in [1.82, 2.24) is 4.57 Å². The van der Waals surface area contributed by atoms with E-state index in [2.05, 4.69) is 20.9 Å². The maximum Gasteiger partial charge on any atom is 0.344 e. The van der Waals surface area contributed by atoms with E-state index in [1.54, 1.807) is 43.5 Å². The van der Waals surface area contributed by atoms with Gasteiger partial charge in [0, 0.05) is 4.88 Å². The van der Waals surface area contributed by atoms with E-state index in [0.717, 1.165) is 4.88 Å². The summed E-state index contributed by atoms with van der Waals surface area (Å²) in [6, 6.07) is 6.60. The van der Waals surface area contributed by atoms with Gasteiger partial charge in [0.25, 0.3) is 5.56 Å². The average Bonchev–Trinajstić information content (AvgIpc) is 3.51. The van der Waals surface area contributed by atoms with Crippen LogP contribution in [0.15, 0.2) is 55.2 Å². The van der Waals surface area contributed by atoms with Gasteiger partial charge in [0.2, 0.25) is 0 Å². The van der Waals surface area contributed by atoms with Gasteiger partial charge in [0.05, 0.1) is 40.6 Å². The van der Waals surface area contributed by atoms with E-state index < -0.39 is 18.0 Å². The highest BCUT2D eigenvalue weighted by Gasteiger charge is 2.33. The van der Waals surface area contributed by atoms with Gasteiger partial charge < -0.3 is 18.9 Å². The van der Waals surface area contributed by atoms with Gasteiger partial charge in [-0.25, -0.2) is 14.6 Å². The number of thiophene rings is 1. The molecule has 0 amide bonds. The topological polar surface area (TPSA) is 105 Å². The van der Waals surface area contributed by atoms with Gasteiger partial charge in [-0.3, -0.25) is 9.36 Å². The molecule has 0 radical (unpaired) electrons. The lowest BCUT2D eigenvalue weighted by atomic mass is 10.0. The van der Waals surface area contributed by atoms with Gasteiger partial charge in [-0.15, -0.1) is 11.3 Å². The third-order valence-corrected chi connectivity index (χ3v) is 8.02. The van der Waals surface area contributed by atoms with E-state index in [4.69, 9.17) is 18.9 Å². The fraction of sp³-hybridized carbons (Fsp3) is 0.308. The predicted octanol–water partition coefficient (Wildman–Crippen LogP) is 3.57. The molecule has 0 bridgehead atoms. The normalized spacial score (nSPS) is 15.1. The van der Waals surface area contributed by atoms with Gasteiger partial charge in [0.15, 0.2) is 22.9 Å².